The van der Waals surface area contributed by atoms with Gasteiger partial charge in [-0.25, -0.2) is 28.1 Å². The number of nitrogens with zero attached hydrogens (tertiary/aromatic N) is 4. The maximum Gasteiger partial charge on any atom is 0.242 e. The van der Waals surface area contributed by atoms with Gasteiger partial charge in [-0.1, -0.05) is 29.6 Å². The molecule has 1 aliphatic rings. The third kappa shape index (κ3) is 6.09. The number of hydrogen-bond donors (Lipinski definition) is 5. The first-order chi connectivity index (χ1) is 18.4. The second-order valence-corrected chi connectivity index (χ2v) is 11.4. The summed E-state index contributed by atoms with van der Waals surface area (Å²) in [5.41, 5.74) is 9.78. The highest BCUT2D eigenvalue weighted by Crippen LogP contribution is 2.30. The third-order valence-electron chi connectivity index (χ3n) is 5.94. The molecule has 4 aromatic rings. The topological polar surface area (TPSA) is 158 Å². The number of nitrogens with two attached hydrogens (primary N) is 1. The number of benzene rings is 2. The van der Waals surface area contributed by atoms with Crippen LogP contribution in [0, 0.1) is 0 Å². The summed E-state index contributed by atoms with van der Waals surface area (Å²) in [7, 11) is -3.79. The first kappa shape index (κ1) is 26.0. The number of aliphatic hydroxyl groups excluding tert-OH is 1. The number of aromatic nitrogens is 3. The normalized spacial score (nSPS) is 14.4. The van der Waals surface area contributed by atoms with Gasteiger partial charge in [0, 0.05) is 56.4 Å². The molecule has 0 spiro atoms. The van der Waals surface area contributed by atoms with Crippen LogP contribution in [0.1, 0.15) is 11.1 Å². The largest absolute Gasteiger partial charge is 0.395 e. The van der Waals surface area contributed by atoms with E-state index in [1.807, 2.05) is 35.3 Å². The molecular formula is C25H28N8O3S2. The van der Waals surface area contributed by atoms with Crippen molar-refractivity contribution in [2.75, 3.05) is 55.3 Å². The van der Waals surface area contributed by atoms with Gasteiger partial charge >= 0.3 is 0 Å². The minimum atomic E-state index is -3.79. The fraction of sp³-hybridized carbons (Fsp3) is 0.240. The molecule has 0 unspecified atom stereocenters. The Morgan fingerprint density at radius 3 is 2.61 bits per heavy atom. The van der Waals surface area contributed by atoms with Gasteiger partial charge < -0.3 is 26.4 Å². The number of hydrogen-bond acceptors (Lipinski definition) is 11. The van der Waals surface area contributed by atoms with E-state index in [9.17, 15) is 8.42 Å². The molecule has 2 aromatic carbocycles. The van der Waals surface area contributed by atoms with Gasteiger partial charge in [-0.3, -0.25) is 0 Å². The first-order valence-corrected chi connectivity index (χ1v) is 14.3. The fourth-order valence-corrected chi connectivity index (χ4v) is 6.11. The first-order valence-electron chi connectivity index (χ1n) is 12.0. The summed E-state index contributed by atoms with van der Waals surface area (Å²) in [6.45, 7) is 2.53. The molecule has 2 aromatic heterocycles. The maximum absolute atomic E-state index is 12.9. The van der Waals surface area contributed by atoms with E-state index >= 15 is 0 Å². The van der Waals surface area contributed by atoms with Crippen molar-refractivity contribution in [3.8, 4) is 0 Å². The van der Waals surface area contributed by atoms with E-state index in [-0.39, 0.29) is 18.0 Å². The van der Waals surface area contributed by atoms with E-state index in [0.29, 0.717) is 35.5 Å². The highest BCUT2D eigenvalue weighted by Gasteiger charge is 2.23. The molecule has 11 nitrogen and oxygen atoms in total. The Balaban J connectivity index is 1.33. The number of nitrogens with one attached hydrogen (secondary N) is 3. The van der Waals surface area contributed by atoms with Gasteiger partial charge in [-0.05, 0) is 35.9 Å². The van der Waals surface area contributed by atoms with Crippen molar-refractivity contribution in [1.82, 2.24) is 25.0 Å². The van der Waals surface area contributed by atoms with Gasteiger partial charge in [0.2, 0.25) is 16.0 Å². The zero-order valence-corrected chi connectivity index (χ0v) is 22.1. The molecule has 0 aliphatic carbocycles. The van der Waals surface area contributed by atoms with Crippen molar-refractivity contribution in [3.05, 3.63) is 59.9 Å². The van der Waals surface area contributed by atoms with Gasteiger partial charge in [0.25, 0.3) is 0 Å². The van der Waals surface area contributed by atoms with Crippen molar-refractivity contribution in [1.29, 1.82) is 0 Å². The molecule has 0 radical (unpaired) electrons. The van der Waals surface area contributed by atoms with Gasteiger partial charge in [0.1, 0.15) is 4.90 Å². The van der Waals surface area contributed by atoms with E-state index in [2.05, 4.69) is 30.3 Å². The summed E-state index contributed by atoms with van der Waals surface area (Å²) in [6, 6.07) is 11.0. The number of aliphatic hydroxyl groups is 1. The lowest BCUT2D eigenvalue weighted by atomic mass is 10.2. The molecule has 3 heterocycles. The highest BCUT2D eigenvalue weighted by atomic mass is 32.2. The van der Waals surface area contributed by atoms with E-state index in [4.69, 9.17) is 10.8 Å². The van der Waals surface area contributed by atoms with Crippen LogP contribution in [0.25, 0.3) is 22.4 Å². The minimum absolute atomic E-state index is 0.0492. The van der Waals surface area contributed by atoms with Crippen molar-refractivity contribution < 1.29 is 13.5 Å². The second kappa shape index (κ2) is 11.4. The van der Waals surface area contributed by atoms with Crippen LogP contribution in [0.5, 0.6) is 0 Å². The number of thiazole rings is 1. The SMILES string of the molecule is Nc1nc2ccc(C=Cc3cnc(Nc4ccc(S(=O)(=O)NCCO)c(N5CCNCC5)c4)nc3)cc2s1. The fourth-order valence-electron chi connectivity index (χ4n) is 4.11. The summed E-state index contributed by atoms with van der Waals surface area (Å²) in [4.78, 5) is 15.3. The lowest BCUT2D eigenvalue weighted by molar-refractivity contribution is 0.301. The predicted octanol–water partition coefficient (Wildman–Crippen LogP) is 2.26. The molecule has 1 aliphatic heterocycles. The average Bonchev–Trinajstić information content (AvgIpc) is 3.31. The minimum Gasteiger partial charge on any atom is -0.395 e. The monoisotopic (exact) mass is 552 g/mol. The molecule has 198 valence electrons. The van der Waals surface area contributed by atoms with E-state index < -0.39 is 10.0 Å². The number of fused-ring (bicyclic) bond motifs is 1. The summed E-state index contributed by atoms with van der Waals surface area (Å²) in [6.07, 6.45) is 7.33. The Kier molecular flexibility index (Phi) is 7.81. The highest BCUT2D eigenvalue weighted by molar-refractivity contribution is 7.89. The Morgan fingerprint density at radius 2 is 1.84 bits per heavy atom. The molecule has 5 rings (SSSR count). The van der Waals surface area contributed by atoms with Crippen LogP contribution in [-0.2, 0) is 10.0 Å². The molecule has 0 amide bonds. The van der Waals surface area contributed by atoms with Crippen molar-refractivity contribution in [2.24, 2.45) is 0 Å². The van der Waals surface area contributed by atoms with Crippen LogP contribution in [-0.4, -0.2) is 67.8 Å². The molecule has 1 fully saturated rings. The quantitative estimate of drug-likeness (QED) is 0.208. The lowest BCUT2D eigenvalue weighted by Gasteiger charge is -2.31. The van der Waals surface area contributed by atoms with Crippen LogP contribution in [0.2, 0.25) is 0 Å². The van der Waals surface area contributed by atoms with E-state index in [0.717, 1.165) is 34.4 Å². The van der Waals surface area contributed by atoms with Crippen LogP contribution < -0.4 is 26.0 Å². The smallest absolute Gasteiger partial charge is 0.242 e. The van der Waals surface area contributed by atoms with Gasteiger partial charge in [0.05, 0.1) is 22.5 Å². The Labute approximate surface area is 224 Å². The van der Waals surface area contributed by atoms with Gasteiger partial charge in [-0.2, -0.15) is 0 Å². The van der Waals surface area contributed by atoms with Crippen molar-refractivity contribution in [3.63, 3.8) is 0 Å². The lowest BCUT2D eigenvalue weighted by Crippen LogP contribution is -2.44. The Morgan fingerprint density at radius 1 is 1.08 bits per heavy atom. The standard InChI is InChI=1S/C25H28N8O3S2/c26-24-32-20-5-3-17(13-22(20)37-24)1-2-18-15-28-25(29-16-18)31-19-4-6-23(38(35,36)30-9-12-34)21(14-19)33-10-7-27-8-11-33/h1-6,13-16,27,30,34H,7-12H2,(H2,26,32)(H,28,29,31). The number of rotatable bonds is 9. The molecule has 1 saturated heterocycles. The van der Waals surface area contributed by atoms with Crippen LogP contribution in [0.4, 0.5) is 22.5 Å². The van der Waals surface area contributed by atoms with Gasteiger partial charge in [0.15, 0.2) is 5.13 Å². The van der Waals surface area contributed by atoms with Crippen molar-refractivity contribution in [2.45, 2.75) is 4.90 Å². The van der Waals surface area contributed by atoms with E-state index in [1.165, 1.54) is 11.3 Å². The summed E-state index contributed by atoms with van der Waals surface area (Å²) >= 11 is 1.45. The third-order valence-corrected chi connectivity index (χ3v) is 8.29. The molecule has 38 heavy (non-hydrogen) atoms. The number of anilines is 4. The number of sulfonamides is 1. The number of piperazine rings is 1. The zero-order chi connectivity index (χ0) is 26.5. The molecule has 0 atom stereocenters. The molecule has 0 saturated carbocycles. The summed E-state index contributed by atoms with van der Waals surface area (Å²) < 4.78 is 29.2. The molecular weight excluding hydrogens is 524 g/mol. The van der Waals surface area contributed by atoms with Gasteiger partial charge in [-0.15, -0.1) is 0 Å². The van der Waals surface area contributed by atoms with Crippen LogP contribution in [0.3, 0.4) is 0 Å². The summed E-state index contributed by atoms with van der Waals surface area (Å²) in [5, 5.41) is 16.1. The zero-order valence-electron chi connectivity index (χ0n) is 20.5. The van der Waals surface area contributed by atoms with Crippen molar-refractivity contribution >= 4 is 66.2 Å². The van der Waals surface area contributed by atoms with E-state index in [1.54, 1.807) is 30.6 Å². The Bertz CT molecular complexity index is 1550. The molecule has 13 heteroatoms. The van der Waals surface area contributed by atoms with Crippen LogP contribution >= 0.6 is 11.3 Å². The van der Waals surface area contributed by atoms with Crippen LogP contribution in [0.15, 0.2) is 53.7 Å². The maximum atomic E-state index is 12.9. The average molecular weight is 553 g/mol. The second-order valence-electron chi connectivity index (χ2n) is 8.62. The summed E-state index contributed by atoms with van der Waals surface area (Å²) in [5.74, 6) is 0.393. The molecule has 6 N–H and O–H groups in total. The Hall–Kier alpha value is -3.62. The number of nitrogen functional groups attached to an aromatic ring is 1. The molecule has 0 bridgehead atoms. The predicted molar refractivity (Wildman–Crippen MR) is 152 cm³/mol.